The van der Waals surface area contributed by atoms with Crippen molar-refractivity contribution >= 4 is 31.6 Å². The van der Waals surface area contributed by atoms with Gasteiger partial charge in [-0.25, -0.2) is 0 Å². The molecule has 3 rings (SSSR count). The van der Waals surface area contributed by atoms with Crippen LogP contribution in [-0.2, 0) is 20.2 Å². The summed E-state index contributed by atoms with van der Waals surface area (Å²) in [6.07, 6.45) is 0. The van der Waals surface area contributed by atoms with E-state index in [0.29, 0.717) is 5.56 Å². The minimum atomic E-state index is -4.91. The van der Waals surface area contributed by atoms with Gasteiger partial charge in [-0.2, -0.15) is 16.8 Å². The molecule has 0 aliphatic carbocycles. The van der Waals surface area contributed by atoms with Crippen molar-refractivity contribution in [2.24, 2.45) is 0 Å². The van der Waals surface area contributed by atoms with Gasteiger partial charge in [0.2, 0.25) is 0 Å². The molecule has 0 radical (unpaired) electrons. The second kappa shape index (κ2) is 11.0. The molecule has 0 fully saturated rings. The van der Waals surface area contributed by atoms with E-state index in [4.69, 9.17) is 0 Å². The van der Waals surface area contributed by atoms with Crippen molar-refractivity contribution in [2.45, 2.75) is 37.5 Å². The van der Waals surface area contributed by atoms with E-state index in [0.717, 1.165) is 43.6 Å². The molecule has 0 aliphatic rings. The van der Waals surface area contributed by atoms with Gasteiger partial charge in [0.25, 0.3) is 20.2 Å². The molecule has 194 valence electrons. The van der Waals surface area contributed by atoms with Gasteiger partial charge in [0, 0.05) is 48.7 Å². The molecule has 10 heteroatoms. The predicted molar refractivity (Wildman–Crippen MR) is 144 cm³/mol. The molecular weight excluding hydrogens is 500 g/mol. The first-order chi connectivity index (χ1) is 17.0. The van der Waals surface area contributed by atoms with Crippen LogP contribution < -0.4 is 9.80 Å². The van der Waals surface area contributed by atoms with Gasteiger partial charge in [0.05, 0.1) is 0 Å². The molecule has 0 aliphatic heterocycles. The largest absolute Gasteiger partial charge is 0.372 e. The first-order valence-corrected chi connectivity index (χ1v) is 14.7. The highest BCUT2D eigenvalue weighted by Crippen LogP contribution is 2.41. The Bertz CT molecular complexity index is 1410. The van der Waals surface area contributed by atoms with E-state index in [1.807, 2.05) is 39.8 Å². The van der Waals surface area contributed by atoms with Gasteiger partial charge in [-0.05, 0) is 69.2 Å². The lowest BCUT2D eigenvalue weighted by Gasteiger charge is -2.22. The van der Waals surface area contributed by atoms with Crippen molar-refractivity contribution in [1.82, 2.24) is 0 Å². The number of anilines is 2. The predicted octanol–water partition coefficient (Wildman–Crippen LogP) is 5.21. The van der Waals surface area contributed by atoms with E-state index in [9.17, 15) is 25.9 Å². The molecule has 0 saturated heterocycles. The molecule has 0 aromatic heterocycles. The first kappa shape index (κ1) is 27.7. The second-order valence-electron chi connectivity index (χ2n) is 8.20. The van der Waals surface area contributed by atoms with Crippen LogP contribution in [0.25, 0.3) is 22.3 Å². The van der Waals surface area contributed by atoms with Crippen LogP contribution in [0.5, 0.6) is 0 Å². The van der Waals surface area contributed by atoms with Crippen LogP contribution in [0.4, 0.5) is 11.4 Å². The summed E-state index contributed by atoms with van der Waals surface area (Å²) in [4.78, 5) is 3.01. The van der Waals surface area contributed by atoms with Crippen molar-refractivity contribution < 1.29 is 25.9 Å². The van der Waals surface area contributed by atoms with Crippen molar-refractivity contribution in [3.63, 3.8) is 0 Å². The monoisotopic (exact) mass is 532 g/mol. The molecule has 0 spiro atoms. The molecule has 3 aromatic rings. The highest BCUT2D eigenvalue weighted by Gasteiger charge is 2.29. The zero-order valence-corrected chi connectivity index (χ0v) is 22.5. The van der Waals surface area contributed by atoms with Crippen molar-refractivity contribution in [2.75, 3.05) is 36.0 Å². The highest BCUT2D eigenvalue weighted by atomic mass is 32.2. The molecule has 0 saturated carbocycles. The van der Waals surface area contributed by atoms with Crippen LogP contribution in [0.3, 0.4) is 0 Å². The Morgan fingerprint density at radius 1 is 0.583 bits per heavy atom. The third kappa shape index (κ3) is 5.73. The Morgan fingerprint density at radius 3 is 1.36 bits per heavy atom. The quantitative estimate of drug-likeness (QED) is 0.342. The van der Waals surface area contributed by atoms with Gasteiger partial charge in [0.15, 0.2) is 0 Å². The zero-order valence-electron chi connectivity index (χ0n) is 20.8. The van der Waals surface area contributed by atoms with E-state index < -0.39 is 30.0 Å². The van der Waals surface area contributed by atoms with E-state index in [1.165, 1.54) is 6.07 Å². The Hall–Kier alpha value is -2.92. The molecule has 0 amide bonds. The van der Waals surface area contributed by atoms with Crippen LogP contribution >= 0.6 is 0 Å². The number of benzene rings is 3. The van der Waals surface area contributed by atoms with Crippen molar-refractivity contribution in [3.05, 3.63) is 60.7 Å². The van der Waals surface area contributed by atoms with Gasteiger partial charge in [0.1, 0.15) is 9.79 Å². The van der Waals surface area contributed by atoms with Crippen LogP contribution in [0.1, 0.15) is 27.7 Å². The number of hydrogen-bond donors (Lipinski definition) is 2. The first-order valence-electron chi connectivity index (χ1n) is 11.8. The fraction of sp³-hybridized carbons (Fsp3) is 0.308. The maximum absolute atomic E-state index is 12.7. The SMILES string of the molecule is CCN(CC)c1ccc(-c2ccc(S(=O)(=O)O)c(-c3ccc(N(CC)CC)cc3)c2S(=O)(=O)O)cc1. The van der Waals surface area contributed by atoms with Crippen molar-refractivity contribution in [3.8, 4) is 22.3 Å². The number of rotatable bonds is 10. The second-order valence-corrected chi connectivity index (χ2v) is 11.0. The zero-order chi connectivity index (χ0) is 26.7. The average Bonchev–Trinajstić information content (AvgIpc) is 2.84. The maximum Gasteiger partial charge on any atom is 0.295 e. The molecule has 0 atom stereocenters. The molecule has 2 N–H and O–H groups in total. The number of nitrogens with zero attached hydrogens (tertiary/aromatic N) is 2. The third-order valence-electron chi connectivity index (χ3n) is 6.25. The summed E-state index contributed by atoms with van der Waals surface area (Å²) in [5, 5.41) is 0. The van der Waals surface area contributed by atoms with Crippen LogP contribution in [0, 0.1) is 0 Å². The van der Waals surface area contributed by atoms with Crippen LogP contribution in [-0.4, -0.2) is 52.1 Å². The van der Waals surface area contributed by atoms with Gasteiger partial charge < -0.3 is 9.80 Å². The van der Waals surface area contributed by atoms with Gasteiger partial charge >= 0.3 is 0 Å². The molecular formula is C26H32N2O6S2. The Balaban J connectivity index is 2.31. The van der Waals surface area contributed by atoms with Gasteiger partial charge in [-0.15, -0.1) is 0 Å². The molecule has 36 heavy (non-hydrogen) atoms. The van der Waals surface area contributed by atoms with E-state index in [2.05, 4.69) is 9.80 Å². The summed E-state index contributed by atoms with van der Waals surface area (Å²) >= 11 is 0. The Morgan fingerprint density at radius 2 is 1.00 bits per heavy atom. The summed E-state index contributed by atoms with van der Waals surface area (Å²) in [6, 6.07) is 16.2. The summed E-state index contributed by atoms with van der Waals surface area (Å²) in [6.45, 7) is 11.1. The van der Waals surface area contributed by atoms with Crippen LogP contribution in [0.15, 0.2) is 70.5 Å². The van der Waals surface area contributed by atoms with E-state index in [-0.39, 0.29) is 16.7 Å². The molecule has 0 bridgehead atoms. The lowest BCUT2D eigenvalue weighted by atomic mass is 9.98. The summed E-state index contributed by atoms with van der Waals surface area (Å²) < 4.78 is 70.2. The maximum atomic E-state index is 12.7. The average molecular weight is 533 g/mol. The third-order valence-corrected chi connectivity index (χ3v) is 8.08. The molecule has 8 nitrogen and oxygen atoms in total. The normalized spacial score (nSPS) is 11.9. The van der Waals surface area contributed by atoms with E-state index in [1.54, 1.807) is 36.4 Å². The Labute approximate surface area is 213 Å². The molecule has 3 aromatic carbocycles. The van der Waals surface area contributed by atoms with Gasteiger partial charge in [-0.3, -0.25) is 9.11 Å². The van der Waals surface area contributed by atoms with Gasteiger partial charge in [-0.1, -0.05) is 30.3 Å². The van der Waals surface area contributed by atoms with Crippen molar-refractivity contribution in [1.29, 1.82) is 0 Å². The fourth-order valence-electron chi connectivity index (χ4n) is 4.42. The Kier molecular flexibility index (Phi) is 8.45. The summed E-state index contributed by atoms with van der Waals surface area (Å²) in [5.74, 6) is 0. The minimum Gasteiger partial charge on any atom is -0.372 e. The summed E-state index contributed by atoms with van der Waals surface area (Å²) in [5.41, 5.74) is 2.36. The summed E-state index contributed by atoms with van der Waals surface area (Å²) in [7, 11) is -9.73. The topological polar surface area (TPSA) is 115 Å². The molecule has 0 unspecified atom stereocenters. The number of hydrogen-bond acceptors (Lipinski definition) is 6. The smallest absolute Gasteiger partial charge is 0.295 e. The van der Waals surface area contributed by atoms with Crippen LogP contribution in [0.2, 0.25) is 0 Å². The lowest BCUT2D eigenvalue weighted by molar-refractivity contribution is 0.482. The lowest BCUT2D eigenvalue weighted by Crippen LogP contribution is -2.21. The minimum absolute atomic E-state index is 0.124. The molecule has 0 heterocycles. The fourth-order valence-corrected chi connectivity index (χ4v) is 6.15. The standard InChI is InChI=1S/C26H32N2O6S2/c1-5-27(6-2)21-13-9-19(10-14-21)23-17-18-24(35(29,30)31)25(26(23)36(32,33)34)20-11-15-22(16-12-20)28(7-3)8-4/h9-18H,5-8H2,1-4H3,(H,29,30,31)(H,32,33,34). The highest BCUT2D eigenvalue weighted by molar-refractivity contribution is 7.87. The van der Waals surface area contributed by atoms with E-state index >= 15 is 0 Å².